The van der Waals surface area contributed by atoms with Crippen LogP contribution in [-0.4, -0.2) is 39.1 Å². The van der Waals surface area contributed by atoms with E-state index in [1.807, 2.05) is 30.3 Å². The number of rotatable bonds is 6. The van der Waals surface area contributed by atoms with Crippen LogP contribution in [0.15, 0.2) is 58.9 Å². The van der Waals surface area contributed by atoms with Crippen molar-refractivity contribution in [3.63, 3.8) is 0 Å². The molecule has 4 rings (SSSR count). The van der Waals surface area contributed by atoms with Crippen LogP contribution in [0.2, 0.25) is 0 Å². The molecule has 1 unspecified atom stereocenters. The minimum absolute atomic E-state index is 0.0176. The topological polar surface area (TPSA) is 58.1 Å². The van der Waals surface area contributed by atoms with E-state index < -0.39 is 0 Å². The lowest BCUT2D eigenvalue weighted by Gasteiger charge is -2.24. The average Bonchev–Trinajstić information content (AvgIpc) is 3.37. The highest BCUT2D eigenvalue weighted by Crippen LogP contribution is 2.39. The molecule has 9 heteroatoms. The maximum atomic E-state index is 14.1. The summed E-state index contributed by atoms with van der Waals surface area (Å²) in [6, 6.07) is 16.4. The molecule has 1 aliphatic heterocycles. The Bertz CT molecular complexity index is 953. The van der Waals surface area contributed by atoms with Crippen LogP contribution < -0.4 is 5.32 Å². The van der Waals surface area contributed by atoms with Crippen molar-refractivity contribution in [2.45, 2.75) is 9.71 Å². The van der Waals surface area contributed by atoms with E-state index in [1.165, 1.54) is 29.2 Å². The van der Waals surface area contributed by atoms with Gasteiger partial charge >= 0.3 is 0 Å². The molecule has 144 valence electrons. The van der Waals surface area contributed by atoms with E-state index >= 15 is 0 Å². The van der Waals surface area contributed by atoms with Gasteiger partial charge in [-0.2, -0.15) is 0 Å². The van der Waals surface area contributed by atoms with Gasteiger partial charge in [0.15, 0.2) is 4.34 Å². The maximum Gasteiger partial charge on any atom is 0.234 e. The second-order valence-corrected chi connectivity index (χ2v) is 9.37. The first kappa shape index (κ1) is 19.2. The van der Waals surface area contributed by atoms with Gasteiger partial charge in [0.25, 0.3) is 0 Å². The van der Waals surface area contributed by atoms with Gasteiger partial charge in [-0.05, 0) is 18.2 Å². The Morgan fingerprint density at radius 1 is 1.18 bits per heavy atom. The molecule has 1 aliphatic rings. The number of carbonyl (C=O) groups is 1. The minimum Gasteiger partial charge on any atom is -0.330 e. The highest BCUT2D eigenvalue weighted by molar-refractivity contribution is 8.01. The fourth-order valence-corrected chi connectivity index (χ4v) is 5.79. The summed E-state index contributed by atoms with van der Waals surface area (Å²) in [4.78, 5) is 14.5. The first-order valence-corrected chi connectivity index (χ1v) is 11.5. The Hall–Kier alpha value is -2.10. The molecule has 1 atom stereocenters. The average molecular weight is 433 g/mol. The Morgan fingerprint density at radius 2 is 1.96 bits per heavy atom. The molecular weight excluding hydrogens is 415 g/mol. The molecule has 1 fully saturated rings. The van der Waals surface area contributed by atoms with Crippen molar-refractivity contribution < 1.29 is 9.18 Å². The van der Waals surface area contributed by atoms with Crippen molar-refractivity contribution in [3.05, 3.63) is 66.0 Å². The molecule has 28 heavy (non-hydrogen) atoms. The van der Waals surface area contributed by atoms with Gasteiger partial charge in [0.05, 0.1) is 5.75 Å². The van der Waals surface area contributed by atoms with Crippen molar-refractivity contribution in [2.24, 2.45) is 0 Å². The highest BCUT2D eigenvalue weighted by atomic mass is 32.2. The van der Waals surface area contributed by atoms with E-state index in [0.29, 0.717) is 17.2 Å². The van der Waals surface area contributed by atoms with Gasteiger partial charge in [0.2, 0.25) is 11.0 Å². The molecule has 1 aromatic heterocycles. The third kappa shape index (κ3) is 4.48. The molecule has 0 bridgehead atoms. The number of hydrogen-bond donors (Lipinski definition) is 1. The molecule has 1 saturated heterocycles. The summed E-state index contributed by atoms with van der Waals surface area (Å²) in [7, 11) is 0. The third-order valence-corrected chi connectivity index (χ3v) is 7.33. The van der Waals surface area contributed by atoms with Crippen LogP contribution in [0, 0.1) is 5.82 Å². The van der Waals surface area contributed by atoms with Gasteiger partial charge in [0.1, 0.15) is 11.2 Å². The number of halogens is 1. The summed E-state index contributed by atoms with van der Waals surface area (Å²) in [6.07, 6.45) is 0. The van der Waals surface area contributed by atoms with Gasteiger partial charge in [-0.1, -0.05) is 59.5 Å². The largest absolute Gasteiger partial charge is 0.330 e. The third-order valence-electron chi connectivity index (χ3n) is 4.13. The molecule has 0 spiro atoms. The number of anilines is 2. The van der Waals surface area contributed by atoms with Crippen LogP contribution in [0.4, 0.5) is 15.2 Å². The van der Waals surface area contributed by atoms with Crippen LogP contribution in [0.1, 0.15) is 10.9 Å². The molecule has 0 radical (unpaired) electrons. The summed E-state index contributed by atoms with van der Waals surface area (Å²) in [5, 5.41) is 11.9. The Labute approximate surface area is 174 Å². The number of amides is 1. The molecule has 5 nitrogen and oxygen atoms in total. The second-order valence-electron chi connectivity index (χ2n) is 5.98. The van der Waals surface area contributed by atoms with Gasteiger partial charge in [-0.3, -0.25) is 4.79 Å². The van der Waals surface area contributed by atoms with Crippen molar-refractivity contribution in [2.75, 3.05) is 23.4 Å². The lowest BCUT2D eigenvalue weighted by molar-refractivity contribution is -0.128. The lowest BCUT2D eigenvalue weighted by atomic mass is 10.2. The fourth-order valence-electron chi connectivity index (χ4n) is 2.83. The molecule has 2 heterocycles. The van der Waals surface area contributed by atoms with E-state index in [2.05, 4.69) is 15.5 Å². The zero-order valence-electron chi connectivity index (χ0n) is 14.7. The van der Waals surface area contributed by atoms with Crippen molar-refractivity contribution in [3.8, 4) is 0 Å². The quantitative estimate of drug-likeness (QED) is 0.566. The number of para-hydroxylation sites is 1. The summed E-state index contributed by atoms with van der Waals surface area (Å²) < 4.78 is 14.9. The smallest absolute Gasteiger partial charge is 0.234 e. The van der Waals surface area contributed by atoms with Crippen molar-refractivity contribution in [1.29, 1.82) is 0 Å². The monoisotopic (exact) mass is 432 g/mol. The molecule has 2 aromatic carbocycles. The predicted molar refractivity (Wildman–Crippen MR) is 114 cm³/mol. The van der Waals surface area contributed by atoms with Crippen LogP contribution in [0.5, 0.6) is 0 Å². The number of thioether (sulfide) groups is 2. The zero-order chi connectivity index (χ0) is 19.3. The number of hydrogen-bond acceptors (Lipinski definition) is 7. The molecule has 0 aliphatic carbocycles. The van der Waals surface area contributed by atoms with Gasteiger partial charge in [-0.15, -0.1) is 22.0 Å². The van der Waals surface area contributed by atoms with Crippen molar-refractivity contribution >= 4 is 51.6 Å². The maximum absolute atomic E-state index is 14.1. The van der Waals surface area contributed by atoms with Gasteiger partial charge in [0, 0.05) is 23.5 Å². The SMILES string of the molecule is O=C(CSc1nnc(Nc2ccccc2)s1)N1CCSC1c1ccccc1F. The lowest BCUT2D eigenvalue weighted by Crippen LogP contribution is -2.32. The number of nitrogens with one attached hydrogen (secondary N) is 1. The van der Waals surface area contributed by atoms with Crippen LogP contribution in [-0.2, 0) is 4.79 Å². The Balaban J connectivity index is 1.36. The normalized spacial score (nSPS) is 16.3. The van der Waals surface area contributed by atoms with E-state index in [4.69, 9.17) is 0 Å². The summed E-state index contributed by atoms with van der Waals surface area (Å²) in [5.74, 6) is 0.773. The van der Waals surface area contributed by atoms with E-state index in [9.17, 15) is 9.18 Å². The van der Waals surface area contributed by atoms with E-state index in [1.54, 1.807) is 34.9 Å². The van der Waals surface area contributed by atoms with Gasteiger partial charge in [-0.25, -0.2) is 4.39 Å². The summed E-state index contributed by atoms with van der Waals surface area (Å²) in [5.41, 5.74) is 1.50. The highest BCUT2D eigenvalue weighted by Gasteiger charge is 2.32. The second kappa shape index (κ2) is 8.93. The first-order chi connectivity index (χ1) is 13.7. The van der Waals surface area contributed by atoms with Gasteiger partial charge < -0.3 is 10.2 Å². The number of carbonyl (C=O) groups excluding carboxylic acids is 1. The summed E-state index contributed by atoms with van der Waals surface area (Å²) in [6.45, 7) is 0.625. The summed E-state index contributed by atoms with van der Waals surface area (Å²) >= 11 is 4.36. The van der Waals surface area contributed by atoms with Crippen molar-refractivity contribution in [1.82, 2.24) is 15.1 Å². The standard InChI is InChI=1S/C19H17FN4OS3/c20-15-9-5-4-8-14(15)17-24(10-11-26-17)16(25)12-27-19-23-22-18(28-19)21-13-6-2-1-3-7-13/h1-9,17H,10-12H2,(H,21,22). The van der Waals surface area contributed by atoms with E-state index in [0.717, 1.165) is 15.8 Å². The molecular formula is C19H17FN4OS3. The van der Waals surface area contributed by atoms with Crippen LogP contribution >= 0.6 is 34.9 Å². The number of benzene rings is 2. The minimum atomic E-state index is -0.270. The number of nitrogens with zero attached hydrogens (tertiary/aromatic N) is 3. The fraction of sp³-hybridized carbons (Fsp3) is 0.211. The first-order valence-electron chi connectivity index (χ1n) is 8.64. The Kier molecular flexibility index (Phi) is 6.13. The van der Waals surface area contributed by atoms with Crippen LogP contribution in [0.25, 0.3) is 0 Å². The molecule has 3 aromatic rings. The molecule has 0 saturated carbocycles. The molecule has 1 N–H and O–H groups in total. The predicted octanol–water partition coefficient (Wildman–Crippen LogP) is 4.79. The van der Waals surface area contributed by atoms with Crippen LogP contribution in [0.3, 0.4) is 0 Å². The van der Waals surface area contributed by atoms with E-state index in [-0.39, 0.29) is 22.9 Å². The Morgan fingerprint density at radius 3 is 2.79 bits per heavy atom. The zero-order valence-corrected chi connectivity index (χ0v) is 17.2. The number of aromatic nitrogens is 2. The molecule has 1 amide bonds.